The SMILES string of the molecule is Cn1c(=O)c(C(=O)/C=C/c2cccc(OCCO)c2)c(O)c2cccnc21. The van der Waals surface area contributed by atoms with Crippen molar-refractivity contribution in [1.82, 2.24) is 9.55 Å². The van der Waals surface area contributed by atoms with Crippen molar-refractivity contribution in [2.45, 2.75) is 0 Å². The van der Waals surface area contributed by atoms with Gasteiger partial charge < -0.3 is 14.9 Å². The number of hydrogen-bond donors (Lipinski definition) is 2. The van der Waals surface area contributed by atoms with Crippen molar-refractivity contribution in [1.29, 1.82) is 0 Å². The van der Waals surface area contributed by atoms with Gasteiger partial charge in [0.2, 0.25) is 0 Å². The summed E-state index contributed by atoms with van der Waals surface area (Å²) in [5.74, 6) is -0.439. The van der Waals surface area contributed by atoms with Crippen LogP contribution in [0.1, 0.15) is 15.9 Å². The summed E-state index contributed by atoms with van der Waals surface area (Å²) in [6, 6.07) is 10.1. The molecule has 138 valence electrons. The minimum Gasteiger partial charge on any atom is -0.506 e. The fourth-order valence-electron chi connectivity index (χ4n) is 2.70. The molecule has 0 spiro atoms. The molecule has 0 fully saturated rings. The average Bonchev–Trinajstić information content (AvgIpc) is 2.69. The molecule has 1 aromatic carbocycles. The number of allylic oxidation sites excluding steroid dienone is 1. The molecule has 2 heterocycles. The monoisotopic (exact) mass is 366 g/mol. The van der Waals surface area contributed by atoms with Crippen LogP contribution in [0.5, 0.6) is 11.5 Å². The van der Waals surface area contributed by atoms with Crippen molar-refractivity contribution in [3.63, 3.8) is 0 Å². The Hall–Kier alpha value is -3.45. The van der Waals surface area contributed by atoms with E-state index >= 15 is 0 Å². The first-order chi connectivity index (χ1) is 13.0. The van der Waals surface area contributed by atoms with E-state index in [2.05, 4.69) is 4.98 Å². The molecular formula is C20H18N2O5. The molecule has 0 aliphatic rings. The molecule has 0 atom stereocenters. The zero-order valence-electron chi connectivity index (χ0n) is 14.6. The number of rotatable bonds is 6. The highest BCUT2D eigenvalue weighted by molar-refractivity contribution is 6.10. The smallest absolute Gasteiger partial charge is 0.266 e. The van der Waals surface area contributed by atoms with Gasteiger partial charge in [0.05, 0.1) is 12.0 Å². The standard InChI is InChI=1S/C20H18N2O5/c1-22-19-15(6-3-9-21-19)18(25)17(20(22)26)16(24)8-7-13-4-2-5-14(12-13)27-11-10-23/h2-9,12,23,25H,10-11H2,1H3/b8-7+. The van der Waals surface area contributed by atoms with Crippen LogP contribution in [0.2, 0.25) is 0 Å². The van der Waals surface area contributed by atoms with Gasteiger partial charge in [0.15, 0.2) is 5.78 Å². The summed E-state index contributed by atoms with van der Waals surface area (Å²) in [7, 11) is 1.50. The van der Waals surface area contributed by atoms with E-state index in [1.807, 2.05) is 0 Å². The van der Waals surface area contributed by atoms with Crippen LogP contribution >= 0.6 is 0 Å². The van der Waals surface area contributed by atoms with E-state index < -0.39 is 11.3 Å². The van der Waals surface area contributed by atoms with Crippen LogP contribution in [-0.4, -0.2) is 38.8 Å². The molecule has 0 aliphatic heterocycles. The maximum atomic E-state index is 12.6. The first-order valence-corrected chi connectivity index (χ1v) is 8.25. The van der Waals surface area contributed by atoms with Crippen LogP contribution in [0, 0.1) is 0 Å². The number of ketones is 1. The molecule has 0 aliphatic carbocycles. The number of hydrogen-bond acceptors (Lipinski definition) is 6. The summed E-state index contributed by atoms with van der Waals surface area (Å²) in [6.07, 6.45) is 4.26. The van der Waals surface area contributed by atoms with Gasteiger partial charge in [-0.3, -0.25) is 14.2 Å². The third-order valence-corrected chi connectivity index (χ3v) is 4.01. The number of pyridine rings is 2. The molecule has 3 rings (SSSR count). The number of aryl methyl sites for hydroxylation is 1. The van der Waals surface area contributed by atoms with Crippen LogP contribution in [0.15, 0.2) is 53.5 Å². The quantitative estimate of drug-likeness (QED) is 0.510. The van der Waals surface area contributed by atoms with Crippen molar-refractivity contribution in [2.24, 2.45) is 7.05 Å². The summed E-state index contributed by atoms with van der Waals surface area (Å²) in [6.45, 7) is 0.0685. The number of carbonyl (C=O) groups excluding carboxylic acids is 1. The third kappa shape index (κ3) is 3.73. The molecule has 2 N–H and O–H groups in total. The number of fused-ring (bicyclic) bond motifs is 1. The largest absolute Gasteiger partial charge is 0.506 e. The summed E-state index contributed by atoms with van der Waals surface area (Å²) >= 11 is 0. The number of ether oxygens (including phenoxy) is 1. The summed E-state index contributed by atoms with van der Waals surface area (Å²) in [5, 5.41) is 19.5. The lowest BCUT2D eigenvalue weighted by Gasteiger charge is -2.09. The van der Waals surface area contributed by atoms with Crippen LogP contribution in [0.3, 0.4) is 0 Å². The number of carbonyl (C=O) groups is 1. The molecule has 3 aromatic rings. The van der Waals surface area contributed by atoms with Gasteiger partial charge in [0, 0.05) is 13.2 Å². The lowest BCUT2D eigenvalue weighted by atomic mass is 10.1. The highest BCUT2D eigenvalue weighted by Crippen LogP contribution is 2.25. The topological polar surface area (TPSA) is 102 Å². The second-order valence-electron chi connectivity index (χ2n) is 5.80. The zero-order valence-corrected chi connectivity index (χ0v) is 14.6. The van der Waals surface area contributed by atoms with Crippen molar-refractivity contribution in [3.8, 4) is 11.5 Å². The molecule has 0 unspecified atom stereocenters. The number of aliphatic hydroxyl groups excluding tert-OH is 1. The van der Waals surface area contributed by atoms with Crippen molar-refractivity contribution < 1.29 is 19.7 Å². The molecule has 0 bridgehead atoms. The Bertz CT molecular complexity index is 1090. The molecule has 7 heteroatoms. The molecule has 0 amide bonds. The van der Waals surface area contributed by atoms with Gasteiger partial charge in [-0.1, -0.05) is 18.2 Å². The van der Waals surface area contributed by atoms with E-state index in [0.717, 1.165) is 0 Å². The van der Waals surface area contributed by atoms with Gasteiger partial charge in [-0.05, 0) is 35.9 Å². The Kier molecular flexibility index (Phi) is 5.33. The predicted octanol–water partition coefficient (Wildman–Crippen LogP) is 1.91. The normalized spacial score (nSPS) is 11.2. The van der Waals surface area contributed by atoms with Crippen LogP contribution in [0.4, 0.5) is 0 Å². The van der Waals surface area contributed by atoms with Gasteiger partial charge in [-0.25, -0.2) is 4.98 Å². The van der Waals surface area contributed by atoms with Crippen molar-refractivity contribution >= 4 is 22.9 Å². The van der Waals surface area contributed by atoms with Crippen LogP contribution < -0.4 is 10.3 Å². The van der Waals surface area contributed by atoms with Crippen molar-refractivity contribution in [2.75, 3.05) is 13.2 Å². The minimum absolute atomic E-state index is 0.0993. The lowest BCUT2D eigenvalue weighted by molar-refractivity contribution is 0.104. The summed E-state index contributed by atoms with van der Waals surface area (Å²) in [4.78, 5) is 29.1. The number of aliphatic hydroxyl groups is 1. The zero-order chi connectivity index (χ0) is 19.4. The molecule has 0 radical (unpaired) electrons. The molecule has 2 aromatic heterocycles. The molecule has 27 heavy (non-hydrogen) atoms. The van der Waals surface area contributed by atoms with Gasteiger partial charge >= 0.3 is 0 Å². The van der Waals surface area contributed by atoms with E-state index in [9.17, 15) is 14.7 Å². The Morgan fingerprint density at radius 1 is 1.30 bits per heavy atom. The predicted molar refractivity (Wildman–Crippen MR) is 101 cm³/mol. The van der Waals surface area contributed by atoms with E-state index in [1.54, 1.807) is 36.4 Å². The van der Waals surface area contributed by atoms with E-state index in [4.69, 9.17) is 9.84 Å². The number of aromatic nitrogens is 2. The Morgan fingerprint density at radius 2 is 2.11 bits per heavy atom. The fraction of sp³-hybridized carbons (Fsp3) is 0.150. The highest BCUT2D eigenvalue weighted by atomic mass is 16.5. The second-order valence-corrected chi connectivity index (χ2v) is 5.80. The number of nitrogens with zero attached hydrogens (tertiary/aromatic N) is 2. The third-order valence-electron chi connectivity index (χ3n) is 4.01. The van der Waals surface area contributed by atoms with E-state index in [-0.39, 0.29) is 24.5 Å². The molecule has 0 saturated heterocycles. The maximum Gasteiger partial charge on any atom is 0.266 e. The Labute approximate surface area is 154 Å². The first kappa shape index (κ1) is 18.3. The Morgan fingerprint density at radius 3 is 2.89 bits per heavy atom. The summed E-state index contributed by atoms with van der Waals surface area (Å²) < 4.78 is 6.56. The summed E-state index contributed by atoms with van der Waals surface area (Å²) in [5.41, 5.74) is 0.0575. The molecular weight excluding hydrogens is 348 g/mol. The fourth-order valence-corrected chi connectivity index (χ4v) is 2.70. The highest BCUT2D eigenvalue weighted by Gasteiger charge is 2.19. The van der Waals surface area contributed by atoms with Gasteiger partial charge in [-0.2, -0.15) is 0 Å². The Balaban J connectivity index is 1.95. The van der Waals surface area contributed by atoms with Crippen LogP contribution in [0.25, 0.3) is 17.1 Å². The van der Waals surface area contributed by atoms with Gasteiger partial charge in [-0.15, -0.1) is 0 Å². The van der Waals surface area contributed by atoms with Gasteiger partial charge in [0.25, 0.3) is 5.56 Å². The minimum atomic E-state index is -0.617. The van der Waals surface area contributed by atoms with Crippen molar-refractivity contribution in [3.05, 3.63) is 70.2 Å². The second kappa shape index (κ2) is 7.84. The average molecular weight is 366 g/mol. The van der Waals surface area contributed by atoms with Gasteiger partial charge in [0.1, 0.15) is 29.3 Å². The number of aromatic hydroxyl groups is 1. The molecule has 7 nitrogen and oxygen atoms in total. The van der Waals surface area contributed by atoms with E-state index in [1.165, 1.54) is 30.0 Å². The molecule has 0 saturated carbocycles. The maximum absolute atomic E-state index is 12.6. The lowest BCUT2D eigenvalue weighted by Crippen LogP contribution is -2.24. The first-order valence-electron chi connectivity index (χ1n) is 8.25. The van der Waals surface area contributed by atoms with E-state index in [0.29, 0.717) is 22.3 Å². The van der Waals surface area contributed by atoms with Crippen LogP contribution in [-0.2, 0) is 7.05 Å². The number of benzene rings is 1.